The van der Waals surface area contributed by atoms with Crippen LogP contribution in [-0.2, 0) is 11.3 Å². The summed E-state index contributed by atoms with van der Waals surface area (Å²) in [6, 6.07) is 8.11. The Hall–Kier alpha value is -1.75. The van der Waals surface area contributed by atoms with Gasteiger partial charge in [0, 0.05) is 19.7 Å². The molecule has 1 aliphatic rings. The predicted octanol–water partition coefficient (Wildman–Crippen LogP) is 3.10. The number of hydrogen-bond acceptors (Lipinski definition) is 3. The summed E-state index contributed by atoms with van der Waals surface area (Å²) in [4.78, 5) is 4.68. The molecule has 1 atom stereocenters. The highest BCUT2D eigenvalue weighted by Gasteiger charge is 2.29. The second-order valence-corrected chi connectivity index (χ2v) is 6.76. The third kappa shape index (κ3) is 6.04. The van der Waals surface area contributed by atoms with Gasteiger partial charge in [-0.25, -0.2) is 4.99 Å². The predicted molar refractivity (Wildman–Crippen MR) is 98.6 cm³/mol. The van der Waals surface area contributed by atoms with E-state index in [0.717, 1.165) is 49.8 Å². The second kappa shape index (κ2) is 8.92. The van der Waals surface area contributed by atoms with Gasteiger partial charge in [0.1, 0.15) is 5.75 Å². The van der Waals surface area contributed by atoms with Gasteiger partial charge in [0.15, 0.2) is 5.96 Å². The van der Waals surface area contributed by atoms with E-state index in [9.17, 15) is 0 Å². The maximum atomic E-state index is 5.82. The van der Waals surface area contributed by atoms with E-state index in [2.05, 4.69) is 41.6 Å². The fraction of sp³-hybridized carbons (Fsp3) is 0.632. The number of nitrogens with zero attached hydrogens (tertiary/aromatic N) is 1. The average Bonchev–Trinajstić information content (AvgIpc) is 2.97. The van der Waals surface area contributed by atoms with Crippen molar-refractivity contribution in [3.63, 3.8) is 0 Å². The molecule has 5 nitrogen and oxygen atoms in total. The van der Waals surface area contributed by atoms with Crippen LogP contribution < -0.4 is 15.4 Å². The quantitative estimate of drug-likeness (QED) is 0.595. The van der Waals surface area contributed by atoms with Crippen molar-refractivity contribution in [3.05, 3.63) is 29.8 Å². The number of hydrogen-bond donors (Lipinski definition) is 2. The average molecular weight is 333 g/mol. The highest BCUT2D eigenvalue weighted by molar-refractivity contribution is 5.79. The monoisotopic (exact) mass is 333 g/mol. The van der Waals surface area contributed by atoms with Crippen molar-refractivity contribution in [3.8, 4) is 5.75 Å². The van der Waals surface area contributed by atoms with Crippen LogP contribution in [0.5, 0.6) is 5.75 Å². The fourth-order valence-corrected chi connectivity index (χ4v) is 2.75. The molecule has 0 radical (unpaired) electrons. The van der Waals surface area contributed by atoms with Crippen LogP contribution in [0.4, 0.5) is 0 Å². The standard InChI is InChI=1S/C19H31N3O2/c1-5-20-18(22-14-19(4)10-7-11-23-19)21-13-16-8-6-9-17(12-16)24-15(2)3/h6,8-9,12,15H,5,7,10-11,13-14H2,1-4H3,(H2,20,21,22). The summed E-state index contributed by atoms with van der Waals surface area (Å²) >= 11 is 0. The first-order chi connectivity index (χ1) is 11.5. The van der Waals surface area contributed by atoms with Crippen LogP contribution in [0, 0.1) is 0 Å². The summed E-state index contributed by atoms with van der Waals surface area (Å²) in [5.41, 5.74) is 1.05. The van der Waals surface area contributed by atoms with E-state index in [1.165, 1.54) is 0 Å². The zero-order chi connectivity index (χ0) is 17.4. The number of guanidine groups is 1. The molecule has 2 N–H and O–H groups in total. The highest BCUT2D eigenvalue weighted by atomic mass is 16.5. The van der Waals surface area contributed by atoms with E-state index in [-0.39, 0.29) is 11.7 Å². The Morgan fingerprint density at radius 1 is 1.38 bits per heavy atom. The van der Waals surface area contributed by atoms with Crippen molar-refractivity contribution in [2.24, 2.45) is 4.99 Å². The Kier molecular flexibility index (Phi) is 6.91. The maximum absolute atomic E-state index is 5.82. The number of benzene rings is 1. The number of nitrogens with one attached hydrogen (secondary N) is 2. The fourth-order valence-electron chi connectivity index (χ4n) is 2.75. The lowest BCUT2D eigenvalue weighted by Gasteiger charge is -2.24. The molecule has 1 fully saturated rings. The molecule has 1 aromatic carbocycles. The molecule has 1 unspecified atom stereocenters. The lowest BCUT2D eigenvalue weighted by Crippen LogP contribution is -2.45. The molecule has 1 aliphatic heterocycles. The van der Waals surface area contributed by atoms with Crippen LogP contribution in [0.2, 0.25) is 0 Å². The highest BCUT2D eigenvalue weighted by Crippen LogP contribution is 2.23. The van der Waals surface area contributed by atoms with Crippen molar-refractivity contribution >= 4 is 5.96 Å². The zero-order valence-corrected chi connectivity index (χ0v) is 15.4. The van der Waals surface area contributed by atoms with Crippen molar-refractivity contribution in [1.82, 2.24) is 10.6 Å². The first-order valence-corrected chi connectivity index (χ1v) is 8.92. The van der Waals surface area contributed by atoms with Crippen LogP contribution in [0.3, 0.4) is 0 Å². The molecule has 0 aliphatic carbocycles. The van der Waals surface area contributed by atoms with E-state index in [4.69, 9.17) is 9.47 Å². The van der Waals surface area contributed by atoms with E-state index in [1.54, 1.807) is 0 Å². The SMILES string of the molecule is CCNC(=NCc1cccc(OC(C)C)c1)NCC1(C)CCCO1. The smallest absolute Gasteiger partial charge is 0.191 e. The first-order valence-electron chi connectivity index (χ1n) is 8.92. The van der Waals surface area contributed by atoms with Crippen molar-refractivity contribution < 1.29 is 9.47 Å². The minimum absolute atomic E-state index is 0.0821. The molecular formula is C19H31N3O2. The Labute approximate surface area is 145 Å². The number of ether oxygens (including phenoxy) is 2. The summed E-state index contributed by atoms with van der Waals surface area (Å²) < 4.78 is 11.6. The van der Waals surface area contributed by atoms with Gasteiger partial charge in [0.2, 0.25) is 0 Å². The van der Waals surface area contributed by atoms with Crippen LogP contribution in [0.1, 0.15) is 46.1 Å². The van der Waals surface area contributed by atoms with Gasteiger partial charge in [-0.2, -0.15) is 0 Å². The zero-order valence-electron chi connectivity index (χ0n) is 15.4. The molecule has 134 valence electrons. The summed E-state index contributed by atoms with van der Waals surface area (Å²) in [5, 5.41) is 6.70. The van der Waals surface area contributed by atoms with Gasteiger partial charge in [-0.15, -0.1) is 0 Å². The van der Waals surface area contributed by atoms with Crippen LogP contribution in [-0.4, -0.2) is 37.4 Å². The van der Waals surface area contributed by atoms with Crippen LogP contribution >= 0.6 is 0 Å². The molecule has 2 rings (SSSR count). The van der Waals surface area contributed by atoms with Crippen LogP contribution in [0.25, 0.3) is 0 Å². The summed E-state index contributed by atoms with van der Waals surface area (Å²) in [5.74, 6) is 1.71. The van der Waals surface area contributed by atoms with Crippen molar-refractivity contribution in [2.75, 3.05) is 19.7 Å². The molecule has 24 heavy (non-hydrogen) atoms. The summed E-state index contributed by atoms with van der Waals surface area (Å²) in [6.45, 7) is 11.4. The van der Waals surface area contributed by atoms with E-state index < -0.39 is 0 Å². The van der Waals surface area contributed by atoms with Gasteiger partial charge in [0.25, 0.3) is 0 Å². The van der Waals surface area contributed by atoms with Crippen molar-refractivity contribution in [1.29, 1.82) is 0 Å². The Morgan fingerprint density at radius 2 is 2.21 bits per heavy atom. The van der Waals surface area contributed by atoms with E-state index in [1.807, 2.05) is 26.0 Å². The molecule has 0 amide bonds. The molecule has 5 heteroatoms. The minimum atomic E-state index is -0.0821. The third-order valence-corrected chi connectivity index (χ3v) is 3.96. The largest absolute Gasteiger partial charge is 0.491 e. The molecule has 0 saturated carbocycles. The van der Waals surface area contributed by atoms with Gasteiger partial charge in [0.05, 0.1) is 18.2 Å². The van der Waals surface area contributed by atoms with Crippen LogP contribution in [0.15, 0.2) is 29.3 Å². The molecule has 0 spiro atoms. The normalized spacial score (nSPS) is 21.1. The molecule has 0 aromatic heterocycles. The van der Waals surface area contributed by atoms with E-state index in [0.29, 0.717) is 6.54 Å². The molecule has 1 aromatic rings. The second-order valence-electron chi connectivity index (χ2n) is 6.76. The molecule has 1 heterocycles. The van der Waals surface area contributed by atoms with Gasteiger partial charge in [-0.1, -0.05) is 12.1 Å². The van der Waals surface area contributed by atoms with Gasteiger partial charge < -0.3 is 20.1 Å². The van der Waals surface area contributed by atoms with Gasteiger partial charge in [-0.3, -0.25) is 0 Å². The molecular weight excluding hydrogens is 302 g/mol. The first kappa shape index (κ1) is 18.6. The Balaban J connectivity index is 1.94. The van der Waals surface area contributed by atoms with Crippen molar-refractivity contribution in [2.45, 2.75) is 58.8 Å². The summed E-state index contributed by atoms with van der Waals surface area (Å²) in [7, 11) is 0. The number of rotatable bonds is 7. The molecule has 0 bridgehead atoms. The third-order valence-electron chi connectivity index (χ3n) is 3.96. The van der Waals surface area contributed by atoms with E-state index >= 15 is 0 Å². The Bertz CT molecular complexity index is 537. The number of aliphatic imine (C=N–C) groups is 1. The lowest BCUT2D eigenvalue weighted by atomic mass is 10.0. The maximum Gasteiger partial charge on any atom is 0.191 e. The Morgan fingerprint density at radius 3 is 2.88 bits per heavy atom. The summed E-state index contributed by atoms with van der Waals surface area (Å²) in [6.07, 6.45) is 2.40. The minimum Gasteiger partial charge on any atom is -0.491 e. The van der Waals surface area contributed by atoms with Gasteiger partial charge >= 0.3 is 0 Å². The lowest BCUT2D eigenvalue weighted by molar-refractivity contribution is 0.0243. The topological polar surface area (TPSA) is 54.9 Å². The van der Waals surface area contributed by atoms with Gasteiger partial charge in [-0.05, 0) is 58.2 Å². The molecule has 1 saturated heterocycles.